The Morgan fingerprint density at radius 1 is 1.56 bits per heavy atom. The monoisotopic (exact) mass is 331 g/mol. The van der Waals surface area contributed by atoms with Crippen molar-refractivity contribution in [1.29, 1.82) is 0 Å². The van der Waals surface area contributed by atoms with E-state index in [4.69, 9.17) is 5.73 Å². The van der Waals surface area contributed by atoms with Crippen LogP contribution < -0.4 is 16.4 Å². The summed E-state index contributed by atoms with van der Waals surface area (Å²) in [5.74, 6) is 2.60. The van der Waals surface area contributed by atoms with Crippen LogP contribution in [0.25, 0.3) is 0 Å². The number of halogens is 2. The largest absolute Gasteiger partial charge is 0.359 e. The standard InChI is InChI=1S/C9H17N5S2.2ClH/c1-11-8(12-2)14-9-13-7(6-16-9)5-15-4-3-10;;/h6H,3-5,10H2,1-2H3,(H2,11,12,13,14);2*1H. The van der Waals surface area contributed by atoms with Crippen LogP contribution in [0.2, 0.25) is 0 Å². The van der Waals surface area contributed by atoms with Gasteiger partial charge in [0.05, 0.1) is 5.69 Å². The second-order valence-electron chi connectivity index (χ2n) is 2.93. The van der Waals surface area contributed by atoms with Crippen molar-refractivity contribution in [2.24, 2.45) is 10.7 Å². The zero-order chi connectivity index (χ0) is 11.8. The number of nitrogens with zero attached hydrogens (tertiary/aromatic N) is 2. The Kier molecular flexibility index (Phi) is 13.2. The van der Waals surface area contributed by atoms with Crippen molar-refractivity contribution < 1.29 is 0 Å². The minimum Gasteiger partial charge on any atom is -0.359 e. The lowest BCUT2D eigenvalue weighted by molar-refractivity contribution is 1.13. The molecular weight excluding hydrogens is 313 g/mol. The zero-order valence-electron chi connectivity index (χ0n) is 10.3. The normalized spacial score (nSPS) is 10.3. The van der Waals surface area contributed by atoms with Gasteiger partial charge in [-0.25, -0.2) is 4.98 Å². The van der Waals surface area contributed by atoms with E-state index in [1.54, 1.807) is 30.1 Å². The Hall–Kier alpha value is -0.210. The summed E-state index contributed by atoms with van der Waals surface area (Å²) in [5.41, 5.74) is 6.51. The minimum atomic E-state index is 0. The molecule has 5 nitrogen and oxygen atoms in total. The van der Waals surface area contributed by atoms with Crippen LogP contribution in [0.15, 0.2) is 10.4 Å². The van der Waals surface area contributed by atoms with Crippen molar-refractivity contribution in [2.75, 3.05) is 31.7 Å². The average molecular weight is 332 g/mol. The molecule has 0 fully saturated rings. The van der Waals surface area contributed by atoms with Crippen LogP contribution in [-0.4, -0.2) is 37.3 Å². The predicted octanol–water partition coefficient (Wildman–Crippen LogP) is 1.80. The molecule has 0 atom stereocenters. The molecule has 0 saturated carbocycles. The van der Waals surface area contributed by atoms with Gasteiger partial charge >= 0.3 is 0 Å². The number of guanidine groups is 1. The summed E-state index contributed by atoms with van der Waals surface area (Å²) in [7, 11) is 3.55. The smallest absolute Gasteiger partial charge is 0.197 e. The SMILES string of the molecule is C/N=C(/NC)Nc1nc(CSCCN)cs1.Cl.Cl. The summed E-state index contributed by atoms with van der Waals surface area (Å²) in [4.78, 5) is 8.47. The van der Waals surface area contributed by atoms with E-state index in [9.17, 15) is 0 Å². The Morgan fingerprint density at radius 2 is 2.28 bits per heavy atom. The molecule has 0 aliphatic heterocycles. The molecule has 0 saturated heterocycles. The number of nitrogens with two attached hydrogens (primary N) is 1. The van der Waals surface area contributed by atoms with Crippen LogP contribution in [-0.2, 0) is 5.75 Å². The quantitative estimate of drug-likeness (QED) is 0.435. The maximum absolute atomic E-state index is 5.42. The van der Waals surface area contributed by atoms with Crippen LogP contribution in [0.3, 0.4) is 0 Å². The van der Waals surface area contributed by atoms with Crippen molar-refractivity contribution in [1.82, 2.24) is 10.3 Å². The van der Waals surface area contributed by atoms with Gasteiger partial charge in [-0.2, -0.15) is 11.8 Å². The topological polar surface area (TPSA) is 75.3 Å². The molecular formula is C9H19Cl2N5S2. The Balaban J connectivity index is 0. The number of rotatable bonds is 5. The van der Waals surface area contributed by atoms with Crippen molar-refractivity contribution in [2.45, 2.75) is 5.75 Å². The lowest BCUT2D eigenvalue weighted by atomic mass is 10.6. The van der Waals surface area contributed by atoms with Gasteiger partial charge in [-0.3, -0.25) is 4.99 Å². The molecule has 18 heavy (non-hydrogen) atoms. The number of hydrogen-bond donors (Lipinski definition) is 3. The highest BCUT2D eigenvalue weighted by Crippen LogP contribution is 2.19. The molecule has 1 heterocycles. The van der Waals surface area contributed by atoms with E-state index >= 15 is 0 Å². The van der Waals surface area contributed by atoms with E-state index in [0.29, 0.717) is 6.54 Å². The molecule has 0 radical (unpaired) electrons. The average Bonchev–Trinajstić information content (AvgIpc) is 2.74. The fourth-order valence-electron chi connectivity index (χ4n) is 1.02. The molecule has 0 aliphatic rings. The van der Waals surface area contributed by atoms with Gasteiger partial charge < -0.3 is 16.4 Å². The third kappa shape index (κ3) is 7.27. The van der Waals surface area contributed by atoms with Gasteiger partial charge in [0, 0.05) is 37.5 Å². The lowest BCUT2D eigenvalue weighted by Crippen LogP contribution is -2.26. The van der Waals surface area contributed by atoms with Crippen LogP contribution in [0.5, 0.6) is 0 Å². The van der Waals surface area contributed by atoms with Gasteiger partial charge in [0.2, 0.25) is 0 Å². The lowest BCUT2D eigenvalue weighted by Gasteiger charge is -2.03. The van der Waals surface area contributed by atoms with Gasteiger partial charge in [0.15, 0.2) is 11.1 Å². The molecule has 4 N–H and O–H groups in total. The van der Waals surface area contributed by atoms with Gasteiger partial charge in [-0.15, -0.1) is 36.2 Å². The first kappa shape index (κ1) is 20.1. The fourth-order valence-corrected chi connectivity index (χ4v) is 2.51. The summed E-state index contributed by atoms with van der Waals surface area (Å²) in [6, 6.07) is 0. The number of nitrogens with one attached hydrogen (secondary N) is 2. The molecule has 1 aromatic rings. The first-order valence-corrected chi connectivity index (χ1v) is 6.97. The van der Waals surface area contributed by atoms with Crippen LogP contribution >= 0.6 is 47.9 Å². The third-order valence-corrected chi connectivity index (χ3v) is 3.58. The van der Waals surface area contributed by atoms with Crippen molar-refractivity contribution in [3.63, 3.8) is 0 Å². The summed E-state index contributed by atoms with van der Waals surface area (Å²) >= 11 is 3.37. The van der Waals surface area contributed by atoms with Crippen molar-refractivity contribution in [3.05, 3.63) is 11.1 Å². The van der Waals surface area contributed by atoms with E-state index in [-0.39, 0.29) is 24.8 Å². The first-order chi connectivity index (χ1) is 7.80. The number of aromatic nitrogens is 1. The molecule has 0 aliphatic carbocycles. The number of anilines is 1. The molecule has 0 bridgehead atoms. The van der Waals surface area contributed by atoms with Crippen LogP contribution in [0.4, 0.5) is 5.13 Å². The molecule has 0 unspecified atom stereocenters. The summed E-state index contributed by atoms with van der Waals surface area (Å²) in [6.07, 6.45) is 0. The summed E-state index contributed by atoms with van der Waals surface area (Å²) in [5, 5.41) is 8.96. The number of hydrogen-bond acceptors (Lipinski definition) is 5. The molecule has 106 valence electrons. The second kappa shape index (κ2) is 11.9. The molecule has 1 rings (SSSR count). The minimum absolute atomic E-state index is 0. The molecule has 9 heteroatoms. The molecule has 0 spiro atoms. The van der Waals surface area contributed by atoms with Crippen molar-refractivity contribution in [3.8, 4) is 0 Å². The van der Waals surface area contributed by atoms with Crippen LogP contribution in [0, 0.1) is 0 Å². The summed E-state index contributed by atoms with van der Waals surface area (Å²) in [6.45, 7) is 0.715. The number of thiazole rings is 1. The maximum Gasteiger partial charge on any atom is 0.197 e. The van der Waals surface area contributed by atoms with Gasteiger partial charge in [0.1, 0.15) is 0 Å². The highest BCUT2D eigenvalue weighted by Gasteiger charge is 2.03. The van der Waals surface area contributed by atoms with E-state index in [1.807, 2.05) is 7.05 Å². The van der Waals surface area contributed by atoms with E-state index in [0.717, 1.165) is 28.3 Å². The highest BCUT2D eigenvalue weighted by molar-refractivity contribution is 7.98. The fraction of sp³-hybridized carbons (Fsp3) is 0.556. The van der Waals surface area contributed by atoms with Gasteiger partial charge in [-0.1, -0.05) is 0 Å². The molecule has 0 amide bonds. The predicted molar refractivity (Wildman–Crippen MR) is 87.9 cm³/mol. The number of aliphatic imine (C=N–C) groups is 1. The van der Waals surface area contributed by atoms with E-state index in [1.165, 1.54) is 0 Å². The number of thioether (sulfide) groups is 1. The van der Waals surface area contributed by atoms with Crippen LogP contribution in [0.1, 0.15) is 5.69 Å². The Labute approximate surface area is 128 Å². The third-order valence-electron chi connectivity index (χ3n) is 1.75. The van der Waals surface area contributed by atoms with Gasteiger partial charge in [0.25, 0.3) is 0 Å². The first-order valence-electron chi connectivity index (χ1n) is 4.94. The van der Waals surface area contributed by atoms with E-state index in [2.05, 4.69) is 26.0 Å². The summed E-state index contributed by atoms with van der Waals surface area (Å²) < 4.78 is 0. The maximum atomic E-state index is 5.42. The second-order valence-corrected chi connectivity index (χ2v) is 4.90. The molecule has 1 aromatic heterocycles. The zero-order valence-corrected chi connectivity index (χ0v) is 13.6. The molecule has 0 aromatic carbocycles. The van der Waals surface area contributed by atoms with Crippen molar-refractivity contribution >= 4 is 59.0 Å². The highest BCUT2D eigenvalue weighted by atomic mass is 35.5. The van der Waals surface area contributed by atoms with Gasteiger partial charge in [-0.05, 0) is 0 Å². The Morgan fingerprint density at radius 3 is 2.83 bits per heavy atom. The van der Waals surface area contributed by atoms with E-state index < -0.39 is 0 Å². The Bertz CT molecular complexity index is 345.